The zero-order valence-corrected chi connectivity index (χ0v) is 20.2. The molecule has 0 spiro atoms. The van der Waals surface area contributed by atoms with Crippen LogP contribution in [-0.2, 0) is 12.5 Å². The number of rotatable bonds is 9. The molecule has 3 aromatic rings. The lowest BCUT2D eigenvalue weighted by Crippen LogP contribution is -2.25. The smallest absolute Gasteiger partial charge is 0.429 e. The summed E-state index contributed by atoms with van der Waals surface area (Å²) in [5.74, 6) is -7.16. The summed E-state index contributed by atoms with van der Waals surface area (Å²) in [4.78, 5) is 8.04. The number of benzene rings is 2. The summed E-state index contributed by atoms with van der Waals surface area (Å²) in [6.07, 6.45) is 1.53. The molecule has 0 fully saturated rings. The lowest BCUT2D eigenvalue weighted by atomic mass is 10.0. The molecule has 40 heavy (non-hydrogen) atoms. The van der Waals surface area contributed by atoms with E-state index >= 15 is 0 Å². The molecule has 12 heteroatoms. The zero-order chi connectivity index (χ0) is 29.4. The van der Waals surface area contributed by atoms with Crippen LogP contribution in [0.4, 0.5) is 39.5 Å². The fourth-order valence-electron chi connectivity index (χ4n) is 3.25. The maximum absolute atomic E-state index is 14.6. The van der Waals surface area contributed by atoms with Crippen LogP contribution in [0.25, 0.3) is 5.57 Å². The van der Waals surface area contributed by atoms with Crippen molar-refractivity contribution in [2.45, 2.75) is 25.4 Å². The molecule has 208 valence electrons. The number of halogens is 9. The molecule has 3 nitrogen and oxygen atoms in total. The molecule has 0 atom stereocenters. The second-order valence-corrected chi connectivity index (χ2v) is 7.96. The van der Waals surface area contributed by atoms with Gasteiger partial charge < -0.3 is 4.74 Å². The summed E-state index contributed by atoms with van der Waals surface area (Å²) >= 11 is 0. The first kappa shape index (κ1) is 30.0. The van der Waals surface area contributed by atoms with Crippen molar-refractivity contribution >= 4 is 5.57 Å². The van der Waals surface area contributed by atoms with Gasteiger partial charge >= 0.3 is 6.11 Å². The molecule has 1 aromatic heterocycles. The van der Waals surface area contributed by atoms with E-state index < -0.39 is 63.5 Å². The van der Waals surface area contributed by atoms with Crippen LogP contribution in [0.3, 0.4) is 0 Å². The molecule has 0 saturated heterocycles. The minimum atomic E-state index is -4.86. The van der Waals surface area contributed by atoms with Crippen LogP contribution >= 0.6 is 0 Å². The molecule has 0 bridgehead atoms. The van der Waals surface area contributed by atoms with E-state index in [1.165, 1.54) is 0 Å². The number of ether oxygens (including phenoxy) is 1. The fraction of sp³-hybridized carbons (Fsp3) is 0.143. The van der Waals surface area contributed by atoms with Crippen LogP contribution in [0.5, 0.6) is 5.75 Å². The molecule has 0 amide bonds. The third kappa shape index (κ3) is 7.31. The second kappa shape index (κ2) is 13.0. The zero-order valence-electron chi connectivity index (χ0n) is 20.2. The molecular formula is C28H17F9N2O. The summed E-state index contributed by atoms with van der Waals surface area (Å²) in [5.41, 5.74) is -2.95. The predicted octanol–water partition coefficient (Wildman–Crippen LogP) is 8.02. The number of hydrogen-bond acceptors (Lipinski definition) is 3. The van der Waals surface area contributed by atoms with Crippen LogP contribution in [0.15, 0.2) is 67.5 Å². The van der Waals surface area contributed by atoms with Crippen molar-refractivity contribution in [1.82, 2.24) is 9.97 Å². The van der Waals surface area contributed by atoms with Gasteiger partial charge in [0.2, 0.25) is 5.82 Å². The third-order valence-electron chi connectivity index (χ3n) is 5.14. The van der Waals surface area contributed by atoms with E-state index in [1.807, 2.05) is 0 Å². The quantitative estimate of drug-likeness (QED) is 0.0862. The van der Waals surface area contributed by atoms with Gasteiger partial charge in [0.1, 0.15) is 28.8 Å². The molecule has 0 N–H and O–H groups in total. The molecule has 3 rings (SSSR count). The SMILES string of the molecule is C=CCCc1cnc(C#CC/C=C(F)\C(=C\F)c2cc(F)c(C(F)(F)Oc3cc(F)c(F)c(F)c3)c(F)c2)nc1. The highest BCUT2D eigenvalue weighted by Gasteiger charge is 2.41. The number of aromatic nitrogens is 2. The van der Waals surface area contributed by atoms with E-state index in [0.29, 0.717) is 6.42 Å². The molecule has 0 saturated carbocycles. The van der Waals surface area contributed by atoms with Gasteiger partial charge in [-0.2, -0.15) is 8.78 Å². The van der Waals surface area contributed by atoms with E-state index in [1.54, 1.807) is 18.5 Å². The van der Waals surface area contributed by atoms with Crippen LogP contribution in [-0.4, -0.2) is 9.97 Å². The monoisotopic (exact) mass is 568 g/mol. The molecule has 0 unspecified atom stereocenters. The van der Waals surface area contributed by atoms with E-state index in [4.69, 9.17) is 0 Å². The summed E-state index contributed by atoms with van der Waals surface area (Å²) in [6, 6.07) is 0.478. The standard InChI is InChI=1S/C28H17F9N2O/c1-2-3-6-16-14-38-25(39-15-16)8-5-4-7-20(30)19(13-29)17-9-21(31)26(22(32)10-17)28(36,37)40-18-11-23(33)27(35)24(34)12-18/h2,7,9-15H,1,3-4,6H2/b19-13+,20-7+. The Labute approximate surface area is 222 Å². The van der Waals surface area contributed by atoms with Crippen molar-refractivity contribution < 1.29 is 44.3 Å². The second-order valence-electron chi connectivity index (χ2n) is 7.96. The number of aryl methyl sites for hydroxylation is 1. The highest BCUT2D eigenvalue weighted by atomic mass is 19.3. The van der Waals surface area contributed by atoms with Gasteiger partial charge in [-0.1, -0.05) is 12.0 Å². The Morgan fingerprint density at radius 1 is 0.950 bits per heavy atom. The largest absolute Gasteiger partial charge is 0.432 e. The molecule has 2 aromatic carbocycles. The van der Waals surface area contributed by atoms with Gasteiger partial charge in [-0.15, -0.1) is 6.58 Å². The molecule has 1 heterocycles. The number of nitrogens with zero attached hydrogens (tertiary/aromatic N) is 2. The maximum atomic E-state index is 14.6. The van der Waals surface area contributed by atoms with Crippen molar-refractivity contribution in [2.75, 3.05) is 0 Å². The van der Waals surface area contributed by atoms with E-state index in [9.17, 15) is 39.5 Å². The van der Waals surface area contributed by atoms with Gasteiger partial charge in [-0.3, -0.25) is 0 Å². The highest BCUT2D eigenvalue weighted by molar-refractivity contribution is 5.76. The highest BCUT2D eigenvalue weighted by Crippen LogP contribution is 2.38. The summed E-state index contributed by atoms with van der Waals surface area (Å²) in [6.45, 7) is 3.61. The topological polar surface area (TPSA) is 35.0 Å². The van der Waals surface area contributed by atoms with Crippen molar-refractivity contribution in [3.05, 3.63) is 119 Å². The van der Waals surface area contributed by atoms with Gasteiger partial charge in [-0.25, -0.2) is 40.7 Å². The summed E-state index contributed by atoms with van der Waals surface area (Å²) in [7, 11) is 0. The summed E-state index contributed by atoms with van der Waals surface area (Å²) in [5, 5.41) is 0. The van der Waals surface area contributed by atoms with Crippen molar-refractivity contribution in [3.63, 3.8) is 0 Å². The Balaban J connectivity index is 1.78. The Morgan fingerprint density at radius 2 is 1.55 bits per heavy atom. The first-order chi connectivity index (χ1) is 19.0. The fourth-order valence-corrected chi connectivity index (χ4v) is 3.25. The van der Waals surface area contributed by atoms with Gasteiger partial charge in [0.05, 0.1) is 6.33 Å². The van der Waals surface area contributed by atoms with Gasteiger partial charge in [0.25, 0.3) is 0 Å². The maximum Gasteiger partial charge on any atom is 0.432 e. The molecule has 0 aliphatic rings. The first-order valence-corrected chi connectivity index (χ1v) is 11.2. The van der Waals surface area contributed by atoms with Gasteiger partial charge in [0.15, 0.2) is 17.5 Å². The minimum Gasteiger partial charge on any atom is -0.429 e. The van der Waals surface area contributed by atoms with Crippen molar-refractivity contribution in [1.29, 1.82) is 0 Å². The van der Waals surface area contributed by atoms with Gasteiger partial charge in [0, 0.05) is 36.5 Å². The lowest BCUT2D eigenvalue weighted by Gasteiger charge is -2.20. The van der Waals surface area contributed by atoms with Crippen molar-refractivity contribution in [3.8, 4) is 17.6 Å². The molecular weight excluding hydrogens is 551 g/mol. The number of alkyl halides is 2. The number of hydrogen-bond donors (Lipinski definition) is 0. The minimum absolute atomic E-state index is 0.0367. The Hall–Kier alpha value is -4.53. The van der Waals surface area contributed by atoms with Crippen LogP contribution < -0.4 is 4.74 Å². The lowest BCUT2D eigenvalue weighted by molar-refractivity contribution is -0.189. The molecule has 0 radical (unpaired) electrons. The Kier molecular flexibility index (Phi) is 9.77. The average molecular weight is 568 g/mol. The van der Waals surface area contributed by atoms with Crippen molar-refractivity contribution in [2.24, 2.45) is 0 Å². The number of allylic oxidation sites excluding steroid dienone is 4. The van der Waals surface area contributed by atoms with Crippen LogP contribution in [0.2, 0.25) is 0 Å². The third-order valence-corrected chi connectivity index (χ3v) is 5.14. The van der Waals surface area contributed by atoms with Crippen LogP contribution in [0, 0.1) is 40.9 Å². The van der Waals surface area contributed by atoms with E-state index in [-0.39, 0.29) is 42.8 Å². The molecule has 0 aliphatic heterocycles. The molecule has 0 aliphatic carbocycles. The van der Waals surface area contributed by atoms with Gasteiger partial charge in [-0.05, 0) is 48.1 Å². The Bertz CT molecular complexity index is 1470. The average Bonchev–Trinajstić information content (AvgIpc) is 2.88. The Morgan fingerprint density at radius 3 is 2.10 bits per heavy atom. The van der Waals surface area contributed by atoms with Crippen LogP contribution in [0.1, 0.15) is 35.4 Å². The normalized spacial score (nSPS) is 12.1. The first-order valence-electron chi connectivity index (χ1n) is 11.2. The summed E-state index contributed by atoms with van der Waals surface area (Å²) < 4.78 is 130. The van der Waals surface area contributed by atoms with E-state index in [0.717, 1.165) is 18.1 Å². The predicted molar refractivity (Wildman–Crippen MR) is 128 cm³/mol. The van der Waals surface area contributed by atoms with E-state index in [2.05, 4.69) is 33.1 Å².